The molecule has 13 heavy (non-hydrogen) atoms. The van der Waals surface area contributed by atoms with Gasteiger partial charge in [0.2, 0.25) is 0 Å². The Hall–Kier alpha value is -1.39. The molecule has 2 aromatic rings. The van der Waals surface area contributed by atoms with Gasteiger partial charge >= 0.3 is 0 Å². The fraction of sp³-hybridized carbons (Fsp3) is 0. The van der Waals surface area contributed by atoms with Crippen molar-refractivity contribution in [3.05, 3.63) is 60.7 Å². The number of benzene rings is 1. The summed E-state index contributed by atoms with van der Waals surface area (Å²) in [6.07, 6.45) is 0. The van der Waals surface area contributed by atoms with E-state index >= 15 is 0 Å². The van der Waals surface area contributed by atoms with Crippen molar-refractivity contribution in [1.82, 2.24) is 0 Å². The highest BCUT2D eigenvalue weighted by Crippen LogP contribution is 2.24. The molecule has 0 saturated heterocycles. The van der Waals surface area contributed by atoms with Crippen molar-refractivity contribution < 1.29 is 0 Å². The van der Waals surface area contributed by atoms with Crippen LogP contribution in [0.3, 0.4) is 0 Å². The molecule has 0 aliphatic carbocycles. The second-order valence-corrected chi connectivity index (χ2v) is 3.69. The average Bonchev–Trinajstić information content (AvgIpc) is 2.21. The molecule has 0 bridgehead atoms. The Morgan fingerprint density at radius 2 is 1.77 bits per heavy atom. The summed E-state index contributed by atoms with van der Waals surface area (Å²) in [7, 11) is 0. The lowest BCUT2D eigenvalue weighted by Gasteiger charge is -1.96. The topological polar surface area (TPSA) is 0 Å². The Morgan fingerprint density at radius 1 is 0.923 bits per heavy atom. The van der Waals surface area contributed by atoms with Gasteiger partial charge < -0.3 is 0 Å². The normalized spacial score (nSPS) is 9.23. The molecule has 0 nitrogen and oxygen atoms in total. The fourth-order valence-corrected chi connectivity index (χ4v) is 1.82. The van der Waals surface area contributed by atoms with Crippen LogP contribution in [0.5, 0.6) is 0 Å². The van der Waals surface area contributed by atoms with Crippen LogP contribution in [0.15, 0.2) is 58.3 Å². The summed E-state index contributed by atoms with van der Waals surface area (Å²) >= 11 is 1.70. The second-order valence-electron chi connectivity index (χ2n) is 2.57. The van der Waals surface area contributed by atoms with E-state index in [1.807, 2.05) is 36.4 Å². The predicted molar refractivity (Wildman–Crippen MR) is 54.7 cm³/mol. The highest BCUT2D eigenvalue weighted by atomic mass is 32.2. The molecule has 0 aliphatic rings. The van der Waals surface area contributed by atoms with Gasteiger partial charge in [-0.1, -0.05) is 48.2 Å². The van der Waals surface area contributed by atoms with Gasteiger partial charge in [-0.15, -0.1) is 0 Å². The summed E-state index contributed by atoms with van der Waals surface area (Å²) in [6, 6.07) is 22.1. The van der Waals surface area contributed by atoms with Gasteiger partial charge in [-0.25, -0.2) is 0 Å². The van der Waals surface area contributed by atoms with Crippen LogP contribution in [-0.2, 0) is 0 Å². The summed E-state index contributed by atoms with van der Waals surface area (Å²) in [6.45, 7) is 0. The van der Waals surface area contributed by atoms with Gasteiger partial charge in [0, 0.05) is 4.90 Å². The van der Waals surface area contributed by atoms with E-state index in [0.29, 0.717) is 0 Å². The van der Waals surface area contributed by atoms with E-state index < -0.39 is 0 Å². The van der Waals surface area contributed by atoms with Crippen molar-refractivity contribution in [1.29, 1.82) is 0 Å². The molecule has 0 saturated carbocycles. The third-order valence-corrected chi connectivity index (χ3v) is 2.56. The second kappa shape index (κ2) is 4.02. The van der Waals surface area contributed by atoms with Gasteiger partial charge in [-0.05, 0) is 24.3 Å². The molecule has 0 heterocycles. The SMILES string of the molecule is c1cccc(Sc2ccccc2)c#1. The quantitative estimate of drug-likeness (QED) is 0.689. The zero-order valence-electron chi connectivity index (χ0n) is 7.03. The predicted octanol–water partition coefficient (Wildman–Crippen LogP) is 3.44. The van der Waals surface area contributed by atoms with Crippen molar-refractivity contribution in [2.24, 2.45) is 0 Å². The first-order valence-electron chi connectivity index (χ1n) is 4.06. The summed E-state index contributed by atoms with van der Waals surface area (Å²) in [5.74, 6) is 0. The van der Waals surface area contributed by atoms with Crippen molar-refractivity contribution in [3.63, 3.8) is 0 Å². The van der Waals surface area contributed by atoms with E-state index in [-0.39, 0.29) is 0 Å². The molecule has 1 heteroatoms. The van der Waals surface area contributed by atoms with E-state index in [4.69, 9.17) is 0 Å². The maximum Gasteiger partial charge on any atom is 0.0625 e. The first kappa shape index (κ1) is 8.22. The summed E-state index contributed by atoms with van der Waals surface area (Å²) in [5.41, 5.74) is 0. The fourth-order valence-electron chi connectivity index (χ4n) is 1.01. The zero-order valence-corrected chi connectivity index (χ0v) is 7.84. The Labute approximate surface area is 82.6 Å². The summed E-state index contributed by atoms with van der Waals surface area (Å²) in [4.78, 5) is 2.34. The van der Waals surface area contributed by atoms with Gasteiger partial charge in [-0.2, -0.15) is 0 Å². The molecule has 0 N–H and O–H groups in total. The molecule has 62 valence electrons. The molecule has 0 radical (unpaired) electrons. The van der Waals surface area contributed by atoms with Gasteiger partial charge in [0.25, 0.3) is 0 Å². The number of rotatable bonds is 2. The van der Waals surface area contributed by atoms with Crippen molar-refractivity contribution >= 4 is 11.8 Å². The maximum atomic E-state index is 3.05. The minimum Gasteiger partial charge on any atom is -0.0809 e. The first-order chi connectivity index (χ1) is 6.45. The smallest absolute Gasteiger partial charge is 0.0625 e. The van der Waals surface area contributed by atoms with Crippen LogP contribution in [0.2, 0.25) is 0 Å². The van der Waals surface area contributed by atoms with Crippen LogP contribution in [-0.4, -0.2) is 0 Å². The molecule has 0 spiro atoms. The molecule has 0 aliphatic heterocycles. The van der Waals surface area contributed by atoms with Gasteiger partial charge in [-0.3, -0.25) is 0 Å². The Bertz CT molecular complexity index is 316. The lowest BCUT2D eigenvalue weighted by molar-refractivity contribution is 1.42. The molecule has 0 fully saturated rings. The van der Waals surface area contributed by atoms with E-state index in [0.717, 1.165) is 4.90 Å². The Balaban J connectivity index is 2.16. The Kier molecular flexibility index (Phi) is 2.54. The standard InChI is InChI=1S/C12H8S/c1-3-7-11(8-4-1)13-12-9-5-2-6-10-12/h1-5,7-9H. The van der Waals surface area contributed by atoms with Gasteiger partial charge in [0.15, 0.2) is 0 Å². The average molecular weight is 184 g/mol. The Morgan fingerprint density at radius 3 is 2.46 bits per heavy atom. The molecule has 2 rings (SSSR count). The zero-order chi connectivity index (χ0) is 8.93. The molecule has 0 aromatic heterocycles. The number of hydrogen-bond acceptors (Lipinski definition) is 1. The largest absolute Gasteiger partial charge is 0.0809 e. The molecule has 0 atom stereocenters. The van der Waals surface area contributed by atoms with Crippen molar-refractivity contribution in [2.75, 3.05) is 0 Å². The molecular weight excluding hydrogens is 176 g/mol. The van der Waals surface area contributed by atoms with Crippen molar-refractivity contribution in [3.8, 4) is 0 Å². The summed E-state index contributed by atoms with van der Waals surface area (Å²) in [5, 5.41) is 0. The minimum absolute atomic E-state index is 1.11. The van der Waals surface area contributed by atoms with Crippen LogP contribution < -0.4 is 0 Å². The van der Waals surface area contributed by atoms with E-state index in [1.165, 1.54) is 4.90 Å². The molecular formula is C12H8S. The van der Waals surface area contributed by atoms with Crippen molar-refractivity contribution in [2.45, 2.75) is 9.79 Å². The van der Waals surface area contributed by atoms with E-state index in [9.17, 15) is 0 Å². The minimum atomic E-state index is 1.11. The van der Waals surface area contributed by atoms with E-state index in [2.05, 4.69) is 24.3 Å². The van der Waals surface area contributed by atoms with Gasteiger partial charge in [0.1, 0.15) is 0 Å². The maximum absolute atomic E-state index is 3.05. The molecule has 0 amide bonds. The van der Waals surface area contributed by atoms with Crippen LogP contribution in [0.1, 0.15) is 0 Å². The van der Waals surface area contributed by atoms with Crippen LogP contribution in [0.4, 0.5) is 0 Å². The lowest BCUT2D eigenvalue weighted by atomic mass is 10.4. The van der Waals surface area contributed by atoms with Crippen LogP contribution in [0.25, 0.3) is 0 Å². The molecule has 0 unspecified atom stereocenters. The van der Waals surface area contributed by atoms with E-state index in [1.54, 1.807) is 11.8 Å². The first-order valence-corrected chi connectivity index (χ1v) is 4.88. The van der Waals surface area contributed by atoms with Crippen LogP contribution >= 0.6 is 11.8 Å². The highest BCUT2D eigenvalue weighted by molar-refractivity contribution is 7.99. The van der Waals surface area contributed by atoms with Gasteiger partial charge in [0.05, 0.1) is 4.90 Å². The number of hydrogen-bond donors (Lipinski definition) is 0. The lowest BCUT2D eigenvalue weighted by Crippen LogP contribution is -1.69. The van der Waals surface area contributed by atoms with Crippen LogP contribution in [0, 0.1) is 12.1 Å². The monoisotopic (exact) mass is 184 g/mol. The summed E-state index contributed by atoms with van der Waals surface area (Å²) < 4.78 is 0. The third kappa shape index (κ3) is 2.27. The highest BCUT2D eigenvalue weighted by Gasteiger charge is 1.93. The molecule has 2 aromatic carbocycles. The third-order valence-electron chi connectivity index (χ3n) is 1.59.